The fraction of sp³-hybridized carbons (Fsp3) is 0.500. The molecule has 0 saturated carbocycles. The zero-order valence-corrected chi connectivity index (χ0v) is 11.8. The standard InChI is InChI=1S/C14H21FN2O3/c1-3-5-11(18)9-16-14(19)17-12-7-6-10(15)8-13(12)20-4-2/h6-8,11,18H,3-5,9H2,1-2H3,(H2,16,17,19). The van der Waals surface area contributed by atoms with Crippen LogP contribution in [0.4, 0.5) is 14.9 Å². The second-order valence-electron chi connectivity index (χ2n) is 4.35. The highest BCUT2D eigenvalue weighted by Crippen LogP contribution is 2.25. The SMILES string of the molecule is CCCC(O)CNC(=O)Nc1ccc(F)cc1OCC. The molecule has 1 rings (SSSR count). The fourth-order valence-electron chi connectivity index (χ4n) is 1.69. The number of aliphatic hydroxyl groups is 1. The van der Waals surface area contributed by atoms with E-state index < -0.39 is 18.0 Å². The van der Waals surface area contributed by atoms with Gasteiger partial charge in [-0.25, -0.2) is 9.18 Å². The van der Waals surface area contributed by atoms with Gasteiger partial charge in [0.2, 0.25) is 0 Å². The number of hydrogen-bond acceptors (Lipinski definition) is 3. The summed E-state index contributed by atoms with van der Waals surface area (Å²) < 4.78 is 18.4. The molecule has 5 nitrogen and oxygen atoms in total. The molecule has 112 valence electrons. The van der Waals surface area contributed by atoms with Crippen LogP contribution in [0.25, 0.3) is 0 Å². The van der Waals surface area contributed by atoms with Gasteiger partial charge in [0.25, 0.3) is 0 Å². The van der Waals surface area contributed by atoms with Crippen molar-refractivity contribution in [2.45, 2.75) is 32.8 Å². The van der Waals surface area contributed by atoms with Gasteiger partial charge in [-0.2, -0.15) is 0 Å². The normalized spacial score (nSPS) is 11.8. The van der Waals surface area contributed by atoms with Gasteiger partial charge in [0.05, 0.1) is 18.4 Å². The topological polar surface area (TPSA) is 70.6 Å². The quantitative estimate of drug-likeness (QED) is 0.720. The number of rotatable bonds is 7. The molecule has 0 spiro atoms. The first-order valence-electron chi connectivity index (χ1n) is 6.72. The second kappa shape index (κ2) is 8.37. The van der Waals surface area contributed by atoms with Gasteiger partial charge in [-0.3, -0.25) is 0 Å². The number of aliphatic hydroxyl groups excluding tert-OH is 1. The molecule has 0 saturated heterocycles. The van der Waals surface area contributed by atoms with E-state index in [1.165, 1.54) is 18.2 Å². The Balaban J connectivity index is 2.57. The third-order valence-corrected chi connectivity index (χ3v) is 2.61. The van der Waals surface area contributed by atoms with E-state index in [0.29, 0.717) is 18.7 Å². The van der Waals surface area contributed by atoms with E-state index >= 15 is 0 Å². The van der Waals surface area contributed by atoms with Gasteiger partial charge >= 0.3 is 6.03 Å². The van der Waals surface area contributed by atoms with Crippen molar-refractivity contribution in [1.82, 2.24) is 5.32 Å². The molecule has 1 atom stereocenters. The molecule has 2 amide bonds. The molecular formula is C14H21FN2O3. The smallest absolute Gasteiger partial charge is 0.319 e. The highest BCUT2D eigenvalue weighted by atomic mass is 19.1. The number of hydrogen-bond donors (Lipinski definition) is 3. The number of amides is 2. The number of urea groups is 1. The zero-order chi connectivity index (χ0) is 15.0. The van der Waals surface area contributed by atoms with Crippen molar-refractivity contribution < 1.29 is 19.0 Å². The molecule has 0 aliphatic heterocycles. The summed E-state index contributed by atoms with van der Waals surface area (Å²) in [6.07, 6.45) is 0.906. The number of ether oxygens (including phenoxy) is 1. The summed E-state index contributed by atoms with van der Waals surface area (Å²) in [5, 5.41) is 14.6. The molecule has 0 aliphatic rings. The van der Waals surface area contributed by atoms with Gasteiger partial charge in [0, 0.05) is 12.6 Å². The highest BCUT2D eigenvalue weighted by molar-refractivity contribution is 5.90. The van der Waals surface area contributed by atoms with Crippen LogP contribution in [0.2, 0.25) is 0 Å². The Bertz CT molecular complexity index is 440. The van der Waals surface area contributed by atoms with Crippen molar-refractivity contribution in [2.75, 3.05) is 18.5 Å². The van der Waals surface area contributed by atoms with Gasteiger partial charge in [-0.1, -0.05) is 13.3 Å². The summed E-state index contributed by atoms with van der Waals surface area (Å²) in [5.41, 5.74) is 0.385. The fourth-order valence-corrected chi connectivity index (χ4v) is 1.69. The summed E-state index contributed by atoms with van der Waals surface area (Å²) >= 11 is 0. The molecule has 3 N–H and O–H groups in total. The number of benzene rings is 1. The number of nitrogens with one attached hydrogen (secondary N) is 2. The first-order valence-corrected chi connectivity index (χ1v) is 6.72. The maximum atomic E-state index is 13.1. The molecule has 0 fully saturated rings. The van der Waals surface area contributed by atoms with Gasteiger partial charge in [0.1, 0.15) is 11.6 Å². The number of halogens is 1. The molecule has 0 aliphatic carbocycles. The van der Waals surface area contributed by atoms with E-state index in [1.807, 2.05) is 6.92 Å². The zero-order valence-electron chi connectivity index (χ0n) is 11.8. The third kappa shape index (κ3) is 5.44. The summed E-state index contributed by atoms with van der Waals surface area (Å²) in [6, 6.07) is 3.42. The molecule has 0 radical (unpaired) electrons. The van der Waals surface area contributed by atoms with Crippen LogP contribution in [0.3, 0.4) is 0 Å². The van der Waals surface area contributed by atoms with Crippen LogP contribution >= 0.6 is 0 Å². The largest absolute Gasteiger partial charge is 0.492 e. The first kappa shape index (κ1) is 16.2. The first-order chi connectivity index (χ1) is 9.56. The maximum Gasteiger partial charge on any atom is 0.319 e. The number of carbonyl (C=O) groups is 1. The lowest BCUT2D eigenvalue weighted by molar-refractivity contribution is 0.162. The Morgan fingerprint density at radius 1 is 1.45 bits per heavy atom. The Morgan fingerprint density at radius 3 is 2.85 bits per heavy atom. The lowest BCUT2D eigenvalue weighted by atomic mass is 10.2. The minimum atomic E-state index is -0.565. The van der Waals surface area contributed by atoms with E-state index in [9.17, 15) is 14.3 Å². The van der Waals surface area contributed by atoms with Crippen LogP contribution in [-0.2, 0) is 0 Å². The van der Waals surface area contributed by atoms with Crippen molar-refractivity contribution in [1.29, 1.82) is 0 Å². The Morgan fingerprint density at radius 2 is 2.20 bits per heavy atom. The second-order valence-corrected chi connectivity index (χ2v) is 4.35. The van der Waals surface area contributed by atoms with Crippen molar-refractivity contribution in [2.24, 2.45) is 0 Å². The molecule has 0 heterocycles. The van der Waals surface area contributed by atoms with Crippen LogP contribution in [0.1, 0.15) is 26.7 Å². The lowest BCUT2D eigenvalue weighted by Crippen LogP contribution is -2.35. The lowest BCUT2D eigenvalue weighted by Gasteiger charge is -2.14. The van der Waals surface area contributed by atoms with E-state index in [-0.39, 0.29) is 12.3 Å². The summed E-state index contributed by atoms with van der Waals surface area (Å²) in [6.45, 7) is 4.27. The third-order valence-electron chi connectivity index (χ3n) is 2.61. The van der Waals surface area contributed by atoms with Crippen LogP contribution in [0.15, 0.2) is 18.2 Å². The molecule has 6 heteroatoms. The molecule has 1 aromatic rings. The minimum Gasteiger partial charge on any atom is -0.492 e. The Kier molecular flexibility index (Phi) is 6.79. The van der Waals surface area contributed by atoms with E-state index in [0.717, 1.165) is 6.42 Å². The van der Waals surface area contributed by atoms with Gasteiger partial charge in [0.15, 0.2) is 0 Å². The molecule has 0 aromatic heterocycles. The van der Waals surface area contributed by atoms with Crippen molar-refractivity contribution in [3.63, 3.8) is 0 Å². The van der Waals surface area contributed by atoms with Crippen molar-refractivity contribution in [3.05, 3.63) is 24.0 Å². The van der Waals surface area contributed by atoms with E-state index in [1.54, 1.807) is 6.92 Å². The van der Waals surface area contributed by atoms with Gasteiger partial charge in [-0.15, -0.1) is 0 Å². The average molecular weight is 284 g/mol. The molecule has 1 unspecified atom stereocenters. The number of carbonyl (C=O) groups excluding carboxylic acids is 1. The summed E-state index contributed by atoms with van der Waals surface area (Å²) in [7, 11) is 0. The Labute approximate surface area is 118 Å². The van der Waals surface area contributed by atoms with Crippen molar-refractivity contribution >= 4 is 11.7 Å². The molecule has 0 bridgehead atoms. The van der Waals surface area contributed by atoms with Crippen molar-refractivity contribution in [3.8, 4) is 5.75 Å². The van der Waals surface area contributed by atoms with Gasteiger partial charge in [-0.05, 0) is 25.5 Å². The molecule has 20 heavy (non-hydrogen) atoms. The van der Waals surface area contributed by atoms with Crippen LogP contribution in [-0.4, -0.2) is 30.4 Å². The van der Waals surface area contributed by atoms with E-state index in [2.05, 4.69) is 10.6 Å². The van der Waals surface area contributed by atoms with Gasteiger partial charge < -0.3 is 20.5 Å². The van der Waals surface area contributed by atoms with Crippen LogP contribution in [0.5, 0.6) is 5.75 Å². The van der Waals surface area contributed by atoms with Crippen LogP contribution in [0, 0.1) is 5.82 Å². The minimum absolute atomic E-state index is 0.171. The van der Waals surface area contributed by atoms with E-state index in [4.69, 9.17) is 4.74 Å². The summed E-state index contributed by atoms with van der Waals surface area (Å²) in [5.74, 6) is -0.158. The predicted molar refractivity (Wildman–Crippen MR) is 75.5 cm³/mol. The maximum absolute atomic E-state index is 13.1. The monoisotopic (exact) mass is 284 g/mol. The molecule has 1 aromatic carbocycles. The molecular weight excluding hydrogens is 263 g/mol. The predicted octanol–water partition coefficient (Wildman–Crippen LogP) is 2.51. The highest BCUT2D eigenvalue weighted by Gasteiger charge is 2.10. The average Bonchev–Trinajstić information content (AvgIpc) is 2.40. The number of anilines is 1. The summed E-state index contributed by atoms with van der Waals surface area (Å²) in [4.78, 5) is 11.7. The van der Waals surface area contributed by atoms with Crippen LogP contribution < -0.4 is 15.4 Å². The Hall–Kier alpha value is -1.82.